The number of nitrogens with one attached hydrogen (secondary N) is 1. The van der Waals surface area contributed by atoms with Crippen LogP contribution in [-0.4, -0.2) is 21.9 Å². The van der Waals surface area contributed by atoms with Crippen molar-refractivity contribution in [2.75, 3.05) is 0 Å². The SMILES string of the molecule is CCc1cc(-c2cccnc2)sc1C1=C(C)NC2C(C(CC)CC)=CC(C)=NN12. The van der Waals surface area contributed by atoms with Crippen molar-refractivity contribution in [3.63, 3.8) is 0 Å². The Kier molecular flexibility index (Phi) is 5.59. The van der Waals surface area contributed by atoms with E-state index in [1.165, 1.54) is 37.8 Å². The summed E-state index contributed by atoms with van der Waals surface area (Å²) in [5.74, 6) is 0.576. The van der Waals surface area contributed by atoms with Gasteiger partial charge in [-0.15, -0.1) is 11.3 Å². The molecule has 152 valence electrons. The molecule has 0 spiro atoms. The van der Waals surface area contributed by atoms with E-state index in [9.17, 15) is 0 Å². The Bertz CT molecular complexity index is 980. The molecule has 2 aromatic heterocycles. The lowest BCUT2D eigenvalue weighted by atomic mass is 9.89. The summed E-state index contributed by atoms with van der Waals surface area (Å²) >= 11 is 1.85. The summed E-state index contributed by atoms with van der Waals surface area (Å²) in [6.45, 7) is 11.1. The maximum absolute atomic E-state index is 4.96. The van der Waals surface area contributed by atoms with Gasteiger partial charge in [0.2, 0.25) is 0 Å². The molecule has 5 heteroatoms. The fraction of sp³-hybridized carbons (Fsp3) is 0.417. The van der Waals surface area contributed by atoms with E-state index in [0.29, 0.717) is 5.92 Å². The Morgan fingerprint density at radius 1 is 1.21 bits per heavy atom. The Labute approximate surface area is 178 Å². The Morgan fingerprint density at radius 2 is 2.00 bits per heavy atom. The number of nitrogens with zero attached hydrogens (tertiary/aromatic N) is 3. The number of rotatable bonds is 6. The van der Waals surface area contributed by atoms with Gasteiger partial charge in [-0.3, -0.25) is 4.98 Å². The molecule has 1 unspecified atom stereocenters. The van der Waals surface area contributed by atoms with Crippen molar-refractivity contribution < 1.29 is 0 Å². The summed E-state index contributed by atoms with van der Waals surface area (Å²) in [6.07, 6.45) is 9.50. The molecule has 4 rings (SSSR count). The second-order valence-corrected chi connectivity index (χ2v) is 8.88. The Hall–Kier alpha value is -2.40. The molecule has 2 aliphatic rings. The van der Waals surface area contributed by atoms with Crippen LogP contribution in [0.4, 0.5) is 0 Å². The standard InChI is InChI=1S/C24H30N4S/c1-6-17(7-2)20-12-15(4)27-28-22(16(5)26-24(20)28)23-18(8-3)13-21(29-23)19-10-9-11-25-14-19/h9-14,17,24,26H,6-8H2,1-5H3. The zero-order chi connectivity index (χ0) is 20.5. The molecule has 4 nitrogen and oxygen atoms in total. The molecule has 0 aliphatic carbocycles. The number of fused-ring (bicyclic) bond motifs is 1. The van der Waals surface area contributed by atoms with E-state index < -0.39 is 0 Å². The first kappa shape index (κ1) is 19.9. The van der Waals surface area contributed by atoms with Crippen LogP contribution in [-0.2, 0) is 6.42 Å². The van der Waals surface area contributed by atoms with E-state index in [-0.39, 0.29) is 6.17 Å². The largest absolute Gasteiger partial charge is 0.362 e. The van der Waals surface area contributed by atoms with Crippen molar-refractivity contribution in [2.24, 2.45) is 11.0 Å². The lowest BCUT2D eigenvalue weighted by molar-refractivity contribution is 0.309. The van der Waals surface area contributed by atoms with E-state index >= 15 is 0 Å². The average Bonchev–Trinajstić information content (AvgIpc) is 3.29. The first-order valence-electron chi connectivity index (χ1n) is 10.6. The number of hydrazone groups is 1. The van der Waals surface area contributed by atoms with Gasteiger partial charge >= 0.3 is 0 Å². The summed E-state index contributed by atoms with van der Waals surface area (Å²) < 4.78 is 0. The van der Waals surface area contributed by atoms with Crippen LogP contribution in [0.5, 0.6) is 0 Å². The second kappa shape index (κ2) is 8.15. The van der Waals surface area contributed by atoms with Gasteiger partial charge in [0.05, 0.1) is 16.3 Å². The highest BCUT2D eigenvalue weighted by molar-refractivity contribution is 7.16. The molecule has 0 radical (unpaired) electrons. The molecule has 0 bridgehead atoms. The first-order valence-corrected chi connectivity index (χ1v) is 11.5. The smallest absolute Gasteiger partial charge is 0.143 e. The molecule has 0 fully saturated rings. The zero-order valence-electron chi connectivity index (χ0n) is 18.0. The molecule has 2 aromatic rings. The normalized spacial score (nSPS) is 18.7. The van der Waals surface area contributed by atoms with Crippen molar-refractivity contribution in [1.29, 1.82) is 0 Å². The number of thiophene rings is 1. The number of aryl methyl sites for hydroxylation is 1. The Morgan fingerprint density at radius 3 is 2.66 bits per heavy atom. The van der Waals surface area contributed by atoms with Crippen LogP contribution in [0, 0.1) is 5.92 Å². The van der Waals surface area contributed by atoms with Gasteiger partial charge in [-0.1, -0.05) is 26.8 Å². The van der Waals surface area contributed by atoms with Gasteiger partial charge < -0.3 is 5.32 Å². The number of hydrogen-bond acceptors (Lipinski definition) is 5. The zero-order valence-corrected chi connectivity index (χ0v) is 18.8. The van der Waals surface area contributed by atoms with Gasteiger partial charge in [0.15, 0.2) is 0 Å². The van der Waals surface area contributed by atoms with Crippen molar-refractivity contribution in [3.05, 3.63) is 58.4 Å². The van der Waals surface area contributed by atoms with E-state index in [0.717, 1.165) is 25.0 Å². The van der Waals surface area contributed by atoms with Crippen LogP contribution in [0.1, 0.15) is 57.9 Å². The monoisotopic (exact) mass is 406 g/mol. The summed E-state index contributed by atoms with van der Waals surface area (Å²) in [5, 5.41) is 10.9. The van der Waals surface area contributed by atoms with Gasteiger partial charge in [-0.2, -0.15) is 5.10 Å². The quantitative estimate of drug-likeness (QED) is 0.635. The molecular formula is C24H30N4S. The highest BCUT2D eigenvalue weighted by atomic mass is 32.1. The predicted octanol–water partition coefficient (Wildman–Crippen LogP) is 6.04. The number of aromatic nitrogens is 1. The third-order valence-corrected chi connectivity index (χ3v) is 7.18. The van der Waals surface area contributed by atoms with Crippen LogP contribution < -0.4 is 5.32 Å². The van der Waals surface area contributed by atoms with Gasteiger partial charge in [0.25, 0.3) is 0 Å². The van der Waals surface area contributed by atoms with Crippen molar-refractivity contribution in [3.8, 4) is 10.4 Å². The number of allylic oxidation sites excluding steroid dienone is 2. The molecule has 1 atom stereocenters. The molecule has 29 heavy (non-hydrogen) atoms. The van der Waals surface area contributed by atoms with Crippen LogP contribution in [0.25, 0.3) is 16.1 Å². The van der Waals surface area contributed by atoms with E-state index in [2.05, 4.69) is 68.1 Å². The second-order valence-electron chi connectivity index (χ2n) is 7.82. The van der Waals surface area contributed by atoms with Gasteiger partial charge in [-0.25, -0.2) is 5.01 Å². The molecule has 0 aromatic carbocycles. The van der Waals surface area contributed by atoms with Crippen molar-refractivity contribution in [1.82, 2.24) is 15.3 Å². The molecular weight excluding hydrogens is 376 g/mol. The highest BCUT2D eigenvalue weighted by Crippen LogP contribution is 2.43. The summed E-state index contributed by atoms with van der Waals surface area (Å²) in [4.78, 5) is 6.89. The van der Waals surface area contributed by atoms with E-state index in [1.807, 2.05) is 29.8 Å². The van der Waals surface area contributed by atoms with Gasteiger partial charge in [0.1, 0.15) is 6.17 Å². The third-order valence-electron chi connectivity index (χ3n) is 5.95. The van der Waals surface area contributed by atoms with Crippen molar-refractivity contribution in [2.45, 2.75) is 60.0 Å². The van der Waals surface area contributed by atoms with Crippen LogP contribution in [0.2, 0.25) is 0 Å². The third kappa shape index (κ3) is 3.52. The summed E-state index contributed by atoms with van der Waals surface area (Å²) in [7, 11) is 0. The predicted molar refractivity (Wildman–Crippen MR) is 124 cm³/mol. The van der Waals surface area contributed by atoms with Crippen LogP contribution >= 0.6 is 11.3 Å². The minimum absolute atomic E-state index is 0.132. The minimum atomic E-state index is 0.132. The maximum Gasteiger partial charge on any atom is 0.143 e. The number of hydrogen-bond donors (Lipinski definition) is 1. The average molecular weight is 407 g/mol. The summed E-state index contributed by atoms with van der Waals surface area (Å²) in [5.41, 5.74) is 7.52. The van der Waals surface area contributed by atoms with Crippen molar-refractivity contribution >= 4 is 22.7 Å². The number of pyridine rings is 1. The van der Waals surface area contributed by atoms with Crippen LogP contribution in [0.3, 0.4) is 0 Å². The van der Waals surface area contributed by atoms with E-state index in [4.69, 9.17) is 5.10 Å². The van der Waals surface area contributed by atoms with Gasteiger partial charge in [-0.05, 0) is 68.4 Å². The lowest BCUT2D eigenvalue weighted by Crippen LogP contribution is -2.40. The minimum Gasteiger partial charge on any atom is -0.362 e. The Balaban J connectivity index is 1.76. The van der Waals surface area contributed by atoms with Crippen LogP contribution in [0.15, 0.2) is 53.0 Å². The van der Waals surface area contributed by atoms with Gasteiger partial charge in [0, 0.05) is 28.5 Å². The van der Waals surface area contributed by atoms with E-state index in [1.54, 1.807) is 0 Å². The molecule has 0 saturated carbocycles. The molecule has 0 amide bonds. The molecule has 1 N–H and O–H groups in total. The molecule has 4 heterocycles. The molecule has 0 saturated heterocycles. The fourth-order valence-electron chi connectivity index (χ4n) is 4.40. The fourth-order valence-corrected chi connectivity index (χ4v) is 5.74. The molecule has 2 aliphatic heterocycles. The first-order chi connectivity index (χ1) is 14.1. The highest BCUT2D eigenvalue weighted by Gasteiger charge is 2.38. The topological polar surface area (TPSA) is 40.5 Å². The lowest BCUT2D eigenvalue weighted by Gasteiger charge is -2.33. The summed E-state index contributed by atoms with van der Waals surface area (Å²) in [6, 6.07) is 6.46. The maximum atomic E-state index is 4.96.